The van der Waals surface area contributed by atoms with Gasteiger partial charge in [-0.05, 0) is 25.3 Å². The first-order valence-corrected chi connectivity index (χ1v) is 4.19. The zero-order valence-corrected chi connectivity index (χ0v) is 7.13. The van der Waals surface area contributed by atoms with Crippen molar-refractivity contribution in [3.05, 3.63) is 21.6 Å². The first-order chi connectivity index (χ1) is 5.72. The molecule has 66 valence electrons. The molecule has 0 saturated heterocycles. The van der Waals surface area contributed by atoms with Gasteiger partial charge in [-0.3, -0.25) is 14.6 Å². The minimum Gasteiger partial charge on any atom is -0.330 e. The second kappa shape index (κ2) is 2.48. The number of hydrogen-bond donors (Lipinski definition) is 2. The zero-order valence-electron chi connectivity index (χ0n) is 7.13. The molecule has 4 nitrogen and oxygen atoms in total. The van der Waals surface area contributed by atoms with Gasteiger partial charge in [0.25, 0.3) is 5.56 Å². The van der Waals surface area contributed by atoms with Crippen LogP contribution in [0.5, 0.6) is 0 Å². The molecule has 0 spiro atoms. The molecule has 1 heterocycles. The molecule has 0 aliphatic heterocycles. The van der Waals surface area contributed by atoms with Crippen LogP contribution in [0.4, 0.5) is 0 Å². The van der Waals surface area contributed by atoms with Gasteiger partial charge < -0.3 is 5.73 Å². The second-order valence-electron chi connectivity index (χ2n) is 3.44. The number of nitrogens with two attached hydrogens (primary N) is 1. The summed E-state index contributed by atoms with van der Waals surface area (Å²) in [7, 11) is 1.75. The van der Waals surface area contributed by atoms with Crippen LogP contribution in [0.15, 0.2) is 4.79 Å². The maximum Gasteiger partial charge on any atom is 0.269 e. The minimum atomic E-state index is 0.112. The van der Waals surface area contributed by atoms with Gasteiger partial charge in [0.05, 0.1) is 0 Å². The third-order valence-electron chi connectivity index (χ3n) is 2.55. The number of fused-ring (bicyclic) bond motifs is 1. The summed E-state index contributed by atoms with van der Waals surface area (Å²) in [5, 5.41) is 3.04. The maximum absolute atomic E-state index is 11.4. The van der Waals surface area contributed by atoms with Gasteiger partial charge in [0, 0.05) is 18.3 Å². The number of nitrogens with one attached hydrogen (secondary N) is 1. The lowest BCUT2D eigenvalue weighted by Gasteiger charge is -2.02. The fraction of sp³-hybridized carbons (Fsp3) is 0.625. The van der Waals surface area contributed by atoms with E-state index in [2.05, 4.69) is 5.10 Å². The summed E-state index contributed by atoms with van der Waals surface area (Å²) in [5.41, 5.74) is 7.67. The van der Waals surface area contributed by atoms with Gasteiger partial charge >= 0.3 is 0 Å². The van der Waals surface area contributed by atoms with E-state index < -0.39 is 0 Å². The molecule has 0 aromatic carbocycles. The van der Waals surface area contributed by atoms with Crippen LogP contribution in [0, 0.1) is 5.92 Å². The van der Waals surface area contributed by atoms with Gasteiger partial charge in [0.2, 0.25) is 0 Å². The van der Waals surface area contributed by atoms with Gasteiger partial charge in [0.1, 0.15) is 0 Å². The lowest BCUT2D eigenvalue weighted by Crippen LogP contribution is -2.20. The van der Waals surface area contributed by atoms with Crippen LogP contribution in [0.2, 0.25) is 0 Å². The molecule has 0 radical (unpaired) electrons. The number of H-pyrrole nitrogens is 1. The molecule has 3 N–H and O–H groups in total. The van der Waals surface area contributed by atoms with Gasteiger partial charge in [-0.2, -0.15) is 0 Å². The molecular formula is C8H13N3O. The standard InChI is InChI=1S/C8H13N3O/c1-11-8(12)6-2-5(4-9)3-7(6)10-11/h5,10H,2-4,9H2,1H3. The van der Waals surface area contributed by atoms with Crippen LogP contribution in [-0.2, 0) is 19.9 Å². The summed E-state index contributed by atoms with van der Waals surface area (Å²) in [5.74, 6) is 0.472. The monoisotopic (exact) mass is 167 g/mol. The van der Waals surface area contributed by atoms with Crippen LogP contribution in [0.3, 0.4) is 0 Å². The van der Waals surface area contributed by atoms with E-state index in [4.69, 9.17) is 5.73 Å². The molecule has 12 heavy (non-hydrogen) atoms. The maximum atomic E-state index is 11.4. The molecule has 2 rings (SSSR count). The van der Waals surface area contributed by atoms with Gasteiger partial charge in [-0.15, -0.1) is 0 Å². The van der Waals surface area contributed by atoms with E-state index in [9.17, 15) is 4.79 Å². The average Bonchev–Trinajstić information content (AvgIpc) is 2.55. The molecule has 0 fully saturated rings. The Morgan fingerprint density at radius 2 is 2.42 bits per heavy atom. The predicted molar refractivity (Wildman–Crippen MR) is 46.0 cm³/mol. The molecule has 1 aromatic heterocycles. The molecule has 1 atom stereocenters. The highest BCUT2D eigenvalue weighted by atomic mass is 16.1. The van der Waals surface area contributed by atoms with Crippen molar-refractivity contribution in [1.82, 2.24) is 9.78 Å². The number of aryl methyl sites for hydroxylation is 1. The first-order valence-electron chi connectivity index (χ1n) is 4.19. The minimum absolute atomic E-state index is 0.112. The van der Waals surface area contributed by atoms with Crippen molar-refractivity contribution in [3.63, 3.8) is 0 Å². The van der Waals surface area contributed by atoms with E-state index in [0.717, 1.165) is 24.1 Å². The molecule has 1 aliphatic rings. The topological polar surface area (TPSA) is 63.8 Å². The summed E-state index contributed by atoms with van der Waals surface area (Å²) in [6.45, 7) is 0.672. The Bertz CT molecular complexity index is 350. The highest BCUT2D eigenvalue weighted by molar-refractivity contribution is 5.24. The molecule has 1 unspecified atom stereocenters. The van der Waals surface area contributed by atoms with Crippen molar-refractivity contribution >= 4 is 0 Å². The Labute approximate surface area is 70.4 Å². The Kier molecular flexibility index (Phi) is 1.58. The van der Waals surface area contributed by atoms with Crippen LogP contribution in [0.25, 0.3) is 0 Å². The van der Waals surface area contributed by atoms with Crippen molar-refractivity contribution in [2.24, 2.45) is 18.7 Å². The van der Waals surface area contributed by atoms with E-state index in [1.54, 1.807) is 7.05 Å². The SMILES string of the molecule is Cn1[nH]c2c(c1=O)CC(CN)C2. The highest BCUT2D eigenvalue weighted by Gasteiger charge is 2.25. The van der Waals surface area contributed by atoms with E-state index in [1.165, 1.54) is 4.68 Å². The van der Waals surface area contributed by atoms with Crippen LogP contribution >= 0.6 is 0 Å². The third-order valence-corrected chi connectivity index (χ3v) is 2.55. The Morgan fingerprint density at radius 1 is 1.67 bits per heavy atom. The van der Waals surface area contributed by atoms with E-state index in [1.807, 2.05) is 0 Å². The summed E-state index contributed by atoms with van der Waals surface area (Å²) < 4.78 is 1.54. The van der Waals surface area contributed by atoms with Gasteiger partial charge in [0.15, 0.2) is 0 Å². The lowest BCUT2D eigenvalue weighted by molar-refractivity contribution is 0.554. The van der Waals surface area contributed by atoms with Gasteiger partial charge in [-0.25, -0.2) is 0 Å². The van der Waals surface area contributed by atoms with E-state index in [0.29, 0.717) is 12.5 Å². The van der Waals surface area contributed by atoms with Crippen molar-refractivity contribution in [3.8, 4) is 0 Å². The molecule has 0 bridgehead atoms. The van der Waals surface area contributed by atoms with Crippen LogP contribution in [0.1, 0.15) is 11.3 Å². The molecule has 4 heteroatoms. The van der Waals surface area contributed by atoms with Crippen LogP contribution in [-0.4, -0.2) is 16.3 Å². The quantitative estimate of drug-likeness (QED) is 0.586. The van der Waals surface area contributed by atoms with Gasteiger partial charge in [-0.1, -0.05) is 0 Å². The number of rotatable bonds is 1. The number of hydrogen-bond acceptors (Lipinski definition) is 2. The smallest absolute Gasteiger partial charge is 0.269 e. The first kappa shape index (κ1) is 7.61. The summed E-state index contributed by atoms with van der Waals surface area (Å²) >= 11 is 0. The average molecular weight is 167 g/mol. The fourth-order valence-electron chi connectivity index (χ4n) is 1.85. The summed E-state index contributed by atoms with van der Waals surface area (Å²) in [4.78, 5) is 11.4. The number of nitrogens with zero attached hydrogens (tertiary/aromatic N) is 1. The summed E-state index contributed by atoms with van der Waals surface area (Å²) in [6, 6.07) is 0. The molecule has 1 aromatic rings. The number of aromatic nitrogens is 2. The highest BCUT2D eigenvalue weighted by Crippen LogP contribution is 2.21. The Hall–Kier alpha value is -1.03. The number of aromatic amines is 1. The van der Waals surface area contributed by atoms with Crippen molar-refractivity contribution in [2.75, 3.05) is 6.54 Å². The van der Waals surface area contributed by atoms with Crippen molar-refractivity contribution in [2.45, 2.75) is 12.8 Å². The van der Waals surface area contributed by atoms with E-state index in [-0.39, 0.29) is 5.56 Å². The Balaban J connectivity index is 2.40. The Morgan fingerprint density at radius 3 is 3.00 bits per heavy atom. The van der Waals surface area contributed by atoms with Crippen molar-refractivity contribution in [1.29, 1.82) is 0 Å². The lowest BCUT2D eigenvalue weighted by atomic mass is 10.1. The third kappa shape index (κ3) is 0.914. The van der Waals surface area contributed by atoms with Crippen LogP contribution < -0.4 is 11.3 Å². The molecular weight excluding hydrogens is 154 g/mol. The predicted octanol–water partition coefficient (Wildman–Crippen LogP) is -0.613. The molecule has 0 saturated carbocycles. The zero-order chi connectivity index (χ0) is 8.72. The van der Waals surface area contributed by atoms with Crippen molar-refractivity contribution < 1.29 is 0 Å². The summed E-state index contributed by atoms with van der Waals surface area (Å²) in [6.07, 6.45) is 1.78. The molecule has 1 aliphatic carbocycles. The fourth-order valence-corrected chi connectivity index (χ4v) is 1.85. The normalized spacial score (nSPS) is 21.3. The second-order valence-corrected chi connectivity index (χ2v) is 3.44. The molecule has 0 amide bonds. The largest absolute Gasteiger partial charge is 0.330 e. The van der Waals surface area contributed by atoms with E-state index >= 15 is 0 Å².